The number of allylic oxidation sites excluding steroid dienone is 6. The van der Waals surface area contributed by atoms with Gasteiger partial charge >= 0.3 is 0 Å². The van der Waals surface area contributed by atoms with Crippen molar-refractivity contribution in [2.45, 2.75) is 33.1 Å². The summed E-state index contributed by atoms with van der Waals surface area (Å²) in [5, 5.41) is 12.9. The first-order valence-electron chi connectivity index (χ1n) is 19.6. The fraction of sp³-hybridized carbons (Fsp3) is 0.137. The molecule has 286 valence electrons. The molecule has 57 heavy (non-hydrogen) atoms. The van der Waals surface area contributed by atoms with E-state index in [1.165, 1.54) is 51.2 Å². The highest BCUT2D eigenvalue weighted by Gasteiger charge is 2.20. The van der Waals surface area contributed by atoms with E-state index >= 15 is 0 Å². The van der Waals surface area contributed by atoms with Gasteiger partial charge < -0.3 is 21.2 Å². The highest BCUT2D eigenvalue weighted by Crippen LogP contribution is 2.42. The van der Waals surface area contributed by atoms with E-state index in [4.69, 9.17) is 15.6 Å². The van der Waals surface area contributed by atoms with E-state index in [1.807, 2.05) is 56.4 Å². The second kappa shape index (κ2) is 19.7. The Hall–Kier alpha value is -6.76. The molecule has 5 aromatic carbocycles. The monoisotopic (exact) mass is 749 g/mol. The highest BCUT2D eigenvalue weighted by atomic mass is 16.3. The molecule has 2 aliphatic rings. The van der Waals surface area contributed by atoms with Crippen molar-refractivity contribution in [3.05, 3.63) is 204 Å². The van der Waals surface area contributed by atoms with E-state index in [2.05, 4.69) is 143 Å². The molecule has 0 spiro atoms. The topological polar surface area (TPSA) is 114 Å². The summed E-state index contributed by atoms with van der Waals surface area (Å²) in [6.45, 7) is 4.85. The van der Waals surface area contributed by atoms with Crippen molar-refractivity contribution in [3.8, 4) is 11.1 Å². The Kier molecular flexibility index (Phi) is 13.8. The van der Waals surface area contributed by atoms with Gasteiger partial charge in [-0.2, -0.15) is 0 Å². The Morgan fingerprint density at radius 3 is 2.04 bits per heavy atom. The van der Waals surface area contributed by atoms with Crippen molar-refractivity contribution < 1.29 is 4.42 Å². The van der Waals surface area contributed by atoms with Crippen LogP contribution in [0.1, 0.15) is 60.2 Å². The van der Waals surface area contributed by atoms with Crippen molar-refractivity contribution in [1.82, 2.24) is 10.3 Å². The molecule has 0 radical (unpaired) electrons. The largest absolute Gasteiger partial charge is 0.455 e. The van der Waals surface area contributed by atoms with E-state index < -0.39 is 0 Å². The van der Waals surface area contributed by atoms with Gasteiger partial charge in [-0.15, -0.1) is 0 Å². The van der Waals surface area contributed by atoms with E-state index in [-0.39, 0.29) is 5.84 Å². The van der Waals surface area contributed by atoms with Crippen molar-refractivity contribution in [2.24, 2.45) is 11.5 Å². The van der Waals surface area contributed by atoms with Crippen LogP contribution in [-0.4, -0.2) is 24.4 Å². The summed E-state index contributed by atoms with van der Waals surface area (Å²) in [5.74, 6) is 0.121. The lowest BCUT2D eigenvalue weighted by molar-refractivity contribution is 0.669. The third-order valence-corrected chi connectivity index (χ3v) is 9.84. The van der Waals surface area contributed by atoms with Crippen LogP contribution in [0.25, 0.3) is 49.9 Å². The first-order valence-corrected chi connectivity index (χ1v) is 19.6. The van der Waals surface area contributed by atoms with Gasteiger partial charge in [0, 0.05) is 40.3 Å². The lowest BCUT2D eigenvalue weighted by Gasteiger charge is -2.17. The number of nitrogen functional groups attached to an aromatic ring is 1. The SMILES string of the molecule is C1=CCNC(c2ccc(-c3cc(C4=CC=C(c5ccccn5)CC4)cc4c3oc3cccc(Cc5ccccc5)c34)cc2)=C1.CC.CN.N=C(N)c1ccccc1. The van der Waals surface area contributed by atoms with Gasteiger partial charge in [0.2, 0.25) is 0 Å². The zero-order chi connectivity index (χ0) is 40.0. The zero-order valence-corrected chi connectivity index (χ0v) is 33.0. The molecule has 6 nitrogen and oxygen atoms in total. The number of benzene rings is 5. The first kappa shape index (κ1) is 39.9. The van der Waals surface area contributed by atoms with Gasteiger partial charge in [-0.25, -0.2) is 0 Å². The maximum atomic E-state index is 7.01. The number of rotatable bonds is 7. The smallest absolute Gasteiger partial charge is 0.143 e. The Morgan fingerprint density at radius 2 is 1.40 bits per heavy atom. The van der Waals surface area contributed by atoms with Gasteiger partial charge in [0.1, 0.15) is 17.0 Å². The molecule has 6 heteroatoms. The van der Waals surface area contributed by atoms with E-state index in [0.717, 1.165) is 65.1 Å². The van der Waals surface area contributed by atoms with Crippen molar-refractivity contribution in [3.63, 3.8) is 0 Å². The third-order valence-electron chi connectivity index (χ3n) is 9.84. The Morgan fingerprint density at radius 1 is 0.719 bits per heavy atom. The third kappa shape index (κ3) is 9.55. The van der Waals surface area contributed by atoms with Crippen LogP contribution in [0.2, 0.25) is 0 Å². The molecule has 1 aliphatic carbocycles. The molecule has 0 saturated heterocycles. The molecule has 0 bridgehead atoms. The molecular formula is C51H51N5O. The second-order valence-corrected chi connectivity index (χ2v) is 13.3. The zero-order valence-electron chi connectivity index (χ0n) is 33.0. The average Bonchev–Trinajstić information content (AvgIpc) is 3.69. The lowest BCUT2D eigenvalue weighted by Crippen LogP contribution is -2.14. The number of nitrogens with one attached hydrogen (secondary N) is 2. The highest BCUT2D eigenvalue weighted by molar-refractivity contribution is 6.12. The number of hydrogen-bond acceptors (Lipinski definition) is 5. The molecule has 0 amide bonds. The second-order valence-electron chi connectivity index (χ2n) is 13.3. The van der Waals surface area contributed by atoms with Gasteiger partial charge in [-0.3, -0.25) is 10.4 Å². The van der Waals surface area contributed by atoms with E-state index in [1.54, 1.807) is 0 Å². The van der Waals surface area contributed by atoms with Crippen LogP contribution in [0.15, 0.2) is 174 Å². The van der Waals surface area contributed by atoms with Crippen LogP contribution in [0.3, 0.4) is 0 Å². The molecule has 0 saturated carbocycles. The summed E-state index contributed by atoms with van der Waals surface area (Å²) in [6, 6.07) is 46.0. The van der Waals surface area contributed by atoms with Crippen LogP contribution in [-0.2, 0) is 6.42 Å². The fourth-order valence-corrected chi connectivity index (χ4v) is 7.11. The number of hydrogen-bond donors (Lipinski definition) is 4. The maximum absolute atomic E-state index is 7.01. The predicted molar refractivity (Wildman–Crippen MR) is 242 cm³/mol. The molecule has 7 aromatic rings. The summed E-state index contributed by atoms with van der Waals surface area (Å²) >= 11 is 0. The normalized spacial score (nSPS) is 12.9. The van der Waals surface area contributed by atoms with Crippen LogP contribution in [0, 0.1) is 5.41 Å². The minimum absolute atomic E-state index is 0.121. The van der Waals surface area contributed by atoms with Crippen LogP contribution in [0.5, 0.6) is 0 Å². The number of fused-ring (bicyclic) bond motifs is 3. The summed E-state index contributed by atoms with van der Waals surface area (Å²) in [4.78, 5) is 4.58. The minimum atomic E-state index is 0.121. The number of furan rings is 1. The van der Waals surface area contributed by atoms with Crippen molar-refractivity contribution in [2.75, 3.05) is 13.6 Å². The number of nitrogens with two attached hydrogens (primary N) is 2. The van der Waals surface area contributed by atoms with Crippen molar-refractivity contribution >= 4 is 44.6 Å². The van der Waals surface area contributed by atoms with Gasteiger partial charge in [-0.1, -0.05) is 141 Å². The van der Waals surface area contributed by atoms with Gasteiger partial charge in [0.25, 0.3) is 0 Å². The Bertz CT molecular complexity index is 2530. The van der Waals surface area contributed by atoms with Crippen LogP contribution >= 0.6 is 0 Å². The number of nitrogens with zero attached hydrogens (tertiary/aromatic N) is 1. The molecule has 9 rings (SSSR count). The minimum Gasteiger partial charge on any atom is -0.455 e. The van der Waals surface area contributed by atoms with Crippen molar-refractivity contribution in [1.29, 1.82) is 5.41 Å². The van der Waals surface area contributed by atoms with Gasteiger partial charge in [0.05, 0.1) is 5.69 Å². The Labute approximate surface area is 336 Å². The summed E-state index contributed by atoms with van der Waals surface area (Å²) in [5.41, 5.74) is 24.4. The Balaban J connectivity index is 0.000000367. The van der Waals surface area contributed by atoms with Gasteiger partial charge in [-0.05, 0) is 102 Å². The number of dihydropyridines is 1. The van der Waals surface area contributed by atoms with Gasteiger partial charge in [0.15, 0.2) is 0 Å². The predicted octanol–water partition coefficient (Wildman–Crippen LogP) is 11.6. The maximum Gasteiger partial charge on any atom is 0.143 e. The summed E-state index contributed by atoms with van der Waals surface area (Å²) in [6.07, 6.45) is 15.6. The first-order chi connectivity index (χ1) is 28.1. The standard InChI is InChI=1S/C41H32N2O.C7H8N2.C2H6.CH5N/c1-2-9-28(10-3-1)25-33-11-8-14-39-40(33)36-27-34(29-15-19-31(20-16-29)37-12-4-6-23-42-37)26-35(41(36)44-39)30-17-21-32(22-18-30)38-13-5-7-24-43-38;8-7(9)6-4-2-1-3-5-6;2*1-2/h1-15,17-19,21-23,26-27,43H,16,20,24-25H2;1-5H,(H3,8,9);1-2H3;2H2,1H3. The van der Waals surface area contributed by atoms with Crippen LogP contribution < -0.4 is 16.8 Å². The number of amidine groups is 1. The molecule has 3 heterocycles. The summed E-state index contributed by atoms with van der Waals surface area (Å²) in [7, 11) is 1.50. The molecule has 0 atom stereocenters. The quantitative estimate of drug-likeness (QED) is 0.0957. The van der Waals surface area contributed by atoms with Crippen LogP contribution in [0.4, 0.5) is 0 Å². The molecular weight excluding hydrogens is 699 g/mol. The van der Waals surface area contributed by atoms with E-state index in [9.17, 15) is 0 Å². The molecule has 2 aromatic heterocycles. The summed E-state index contributed by atoms with van der Waals surface area (Å²) < 4.78 is 6.71. The lowest BCUT2D eigenvalue weighted by atomic mass is 9.88. The van der Waals surface area contributed by atoms with E-state index in [0.29, 0.717) is 0 Å². The molecule has 6 N–H and O–H groups in total. The average molecular weight is 750 g/mol. The molecule has 0 unspecified atom stereocenters. The number of aromatic nitrogens is 1. The number of pyridine rings is 1. The molecule has 1 aliphatic heterocycles. The molecule has 0 fully saturated rings. The fourth-order valence-electron chi connectivity index (χ4n) is 7.11.